The second-order valence-corrected chi connectivity index (χ2v) is 9.37. The quantitative estimate of drug-likeness (QED) is 0.368. The Hall–Kier alpha value is -4.03. The van der Waals surface area contributed by atoms with E-state index in [1.807, 2.05) is 18.2 Å². The topological polar surface area (TPSA) is 39.1 Å². The maximum atomic E-state index is 9.18. The van der Waals surface area contributed by atoms with Crippen molar-refractivity contribution in [1.82, 2.24) is 10.2 Å². The van der Waals surface area contributed by atoms with Gasteiger partial charge in [-0.25, -0.2) is 0 Å². The smallest absolute Gasteiger partial charge is 0.0986 e. The van der Waals surface area contributed by atoms with Crippen LogP contribution in [0, 0.1) is 17.2 Å². The Kier molecular flexibility index (Phi) is 8.78. The van der Waals surface area contributed by atoms with Gasteiger partial charge in [-0.15, -0.1) is 0 Å². The lowest BCUT2D eigenvalue weighted by atomic mass is 9.90. The van der Waals surface area contributed by atoms with Crippen LogP contribution in [-0.2, 0) is 13.0 Å². The lowest BCUT2D eigenvalue weighted by Gasteiger charge is -2.30. The van der Waals surface area contributed by atoms with Crippen molar-refractivity contribution in [2.45, 2.75) is 38.6 Å². The van der Waals surface area contributed by atoms with Crippen LogP contribution in [0.4, 0.5) is 0 Å². The molecule has 1 atom stereocenters. The number of rotatable bonds is 11. The standard InChI is InChI=1S/C33H35N3/c1-3-27-15-19-30(20-16-27)33-14-8-7-13-31(33)25-36(23-9-12-28-10-5-4-6-11-28)26(2)35-32-21-17-29(24-34)18-22-32/h3-8,10-11,13-15,17,19,21-22,29,35H,1-2,9,12,16,18,20,23,25H2. The van der Waals surface area contributed by atoms with E-state index in [-0.39, 0.29) is 5.92 Å². The van der Waals surface area contributed by atoms with Crippen LogP contribution >= 0.6 is 0 Å². The predicted molar refractivity (Wildman–Crippen MR) is 150 cm³/mol. The van der Waals surface area contributed by atoms with E-state index in [4.69, 9.17) is 0 Å². The van der Waals surface area contributed by atoms with Gasteiger partial charge in [0.05, 0.1) is 17.8 Å². The SMILES string of the molecule is C=CC1=CC=C(c2ccccc2CN(CCCc2ccccc2)C(=C)NC2=CCC(C#N)C=C2)CC1. The second-order valence-electron chi connectivity index (χ2n) is 9.37. The first-order chi connectivity index (χ1) is 17.7. The van der Waals surface area contributed by atoms with Gasteiger partial charge in [-0.3, -0.25) is 0 Å². The molecule has 3 nitrogen and oxygen atoms in total. The normalized spacial score (nSPS) is 16.8. The van der Waals surface area contributed by atoms with Crippen LogP contribution in [0.2, 0.25) is 0 Å². The molecule has 182 valence electrons. The number of nitrogens with zero attached hydrogens (tertiary/aromatic N) is 2. The van der Waals surface area contributed by atoms with Crippen molar-refractivity contribution in [2.24, 2.45) is 5.92 Å². The molecule has 0 aromatic heterocycles. The van der Waals surface area contributed by atoms with Crippen LogP contribution in [0.15, 0.2) is 121 Å². The Morgan fingerprint density at radius 2 is 1.89 bits per heavy atom. The molecule has 0 radical (unpaired) electrons. The molecule has 0 aliphatic heterocycles. The Bertz CT molecular complexity index is 1240. The molecule has 0 fully saturated rings. The number of hydrogen-bond acceptors (Lipinski definition) is 3. The first-order valence-electron chi connectivity index (χ1n) is 12.8. The largest absolute Gasteiger partial charge is 0.354 e. The van der Waals surface area contributed by atoms with E-state index in [0.29, 0.717) is 0 Å². The maximum absolute atomic E-state index is 9.18. The predicted octanol–water partition coefficient (Wildman–Crippen LogP) is 7.46. The summed E-state index contributed by atoms with van der Waals surface area (Å²) in [4.78, 5) is 2.35. The van der Waals surface area contributed by atoms with Crippen molar-refractivity contribution in [3.05, 3.63) is 138 Å². The summed E-state index contributed by atoms with van der Waals surface area (Å²) in [5, 5.41) is 12.7. The molecule has 0 heterocycles. The summed E-state index contributed by atoms with van der Waals surface area (Å²) in [5.41, 5.74) is 7.65. The van der Waals surface area contributed by atoms with Crippen LogP contribution in [0.25, 0.3) is 5.57 Å². The van der Waals surface area contributed by atoms with Crippen molar-refractivity contribution in [1.29, 1.82) is 5.26 Å². The number of allylic oxidation sites excluding steroid dienone is 8. The minimum Gasteiger partial charge on any atom is -0.354 e. The second kappa shape index (κ2) is 12.6. The highest BCUT2D eigenvalue weighted by Crippen LogP contribution is 2.30. The Balaban J connectivity index is 1.51. The van der Waals surface area contributed by atoms with E-state index in [2.05, 4.69) is 102 Å². The molecule has 0 bridgehead atoms. The van der Waals surface area contributed by atoms with E-state index in [9.17, 15) is 5.26 Å². The van der Waals surface area contributed by atoms with Crippen molar-refractivity contribution in [3.8, 4) is 6.07 Å². The molecule has 4 rings (SSSR count). The van der Waals surface area contributed by atoms with Crippen molar-refractivity contribution < 1.29 is 0 Å². The molecule has 2 aromatic rings. The van der Waals surface area contributed by atoms with Gasteiger partial charge in [0.15, 0.2) is 0 Å². The van der Waals surface area contributed by atoms with Crippen molar-refractivity contribution >= 4 is 5.57 Å². The third-order valence-electron chi connectivity index (χ3n) is 6.84. The van der Waals surface area contributed by atoms with E-state index in [1.54, 1.807) is 0 Å². The van der Waals surface area contributed by atoms with E-state index in [0.717, 1.165) is 56.7 Å². The van der Waals surface area contributed by atoms with Gasteiger partial charge < -0.3 is 10.2 Å². The molecule has 2 aliphatic carbocycles. The molecule has 0 saturated carbocycles. The summed E-state index contributed by atoms with van der Waals surface area (Å²) in [5.74, 6) is 0.840. The monoisotopic (exact) mass is 473 g/mol. The minimum absolute atomic E-state index is 0.0444. The van der Waals surface area contributed by atoms with Gasteiger partial charge in [0.25, 0.3) is 0 Å². The molecule has 3 heteroatoms. The summed E-state index contributed by atoms with van der Waals surface area (Å²) < 4.78 is 0. The summed E-state index contributed by atoms with van der Waals surface area (Å²) >= 11 is 0. The first kappa shape index (κ1) is 25.1. The zero-order chi connectivity index (χ0) is 25.2. The summed E-state index contributed by atoms with van der Waals surface area (Å²) in [6.45, 7) is 10.0. The molecule has 1 unspecified atom stereocenters. The summed E-state index contributed by atoms with van der Waals surface area (Å²) in [6.07, 6.45) is 17.3. The fourth-order valence-corrected chi connectivity index (χ4v) is 4.71. The number of nitrogens with one attached hydrogen (secondary N) is 1. The van der Waals surface area contributed by atoms with Crippen LogP contribution in [0.1, 0.15) is 42.4 Å². The summed E-state index contributed by atoms with van der Waals surface area (Å²) in [7, 11) is 0. The van der Waals surface area contributed by atoms with Crippen molar-refractivity contribution in [3.63, 3.8) is 0 Å². The maximum Gasteiger partial charge on any atom is 0.0986 e. The van der Waals surface area contributed by atoms with Gasteiger partial charge in [-0.2, -0.15) is 5.26 Å². The number of benzene rings is 2. The molecule has 36 heavy (non-hydrogen) atoms. The van der Waals surface area contributed by atoms with Crippen LogP contribution in [0.5, 0.6) is 0 Å². The molecule has 0 spiro atoms. The minimum atomic E-state index is -0.0444. The fraction of sp³-hybridized carbons (Fsp3) is 0.242. The average Bonchev–Trinajstić information content (AvgIpc) is 2.94. The Morgan fingerprint density at radius 1 is 1.08 bits per heavy atom. The van der Waals surface area contributed by atoms with Crippen LogP contribution in [0.3, 0.4) is 0 Å². The molecular weight excluding hydrogens is 438 g/mol. The van der Waals surface area contributed by atoms with E-state index < -0.39 is 0 Å². The third kappa shape index (κ3) is 6.77. The van der Waals surface area contributed by atoms with E-state index >= 15 is 0 Å². The van der Waals surface area contributed by atoms with Crippen molar-refractivity contribution in [2.75, 3.05) is 6.54 Å². The van der Waals surface area contributed by atoms with E-state index in [1.165, 1.54) is 27.8 Å². The third-order valence-corrected chi connectivity index (χ3v) is 6.84. The Morgan fingerprint density at radius 3 is 2.58 bits per heavy atom. The number of nitriles is 1. The highest BCUT2D eigenvalue weighted by atomic mass is 15.2. The van der Waals surface area contributed by atoms with Gasteiger partial charge in [0.2, 0.25) is 0 Å². The highest BCUT2D eigenvalue weighted by Gasteiger charge is 2.16. The van der Waals surface area contributed by atoms with Gasteiger partial charge in [0, 0.05) is 18.8 Å². The fourth-order valence-electron chi connectivity index (χ4n) is 4.71. The number of aryl methyl sites for hydroxylation is 1. The lowest BCUT2D eigenvalue weighted by molar-refractivity contribution is 0.316. The first-order valence-corrected chi connectivity index (χ1v) is 12.8. The molecule has 0 saturated heterocycles. The highest BCUT2D eigenvalue weighted by molar-refractivity contribution is 5.71. The van der Waals surface area contributed by atoms with Gasteiger partial charge in [-0.1, -0.05) is 98.1 Å². The molecule has 2 aromatic carbocycles. The summed E-state index contributed by atoms with van der Waals surface area (Å²) in [6, 6.07) is 21.7. The zero-order valence-corrected chi connectivity index (χ0v) is 21.0. The molecule has 2 aliphatic rings. The van der Waals surface area contributed by atoms with Gasteiger partial charge in [0.1, 0.15) is 0 Å². The number of hydrogen-bond donors (Lipinski definition) is 1. The van der Waals surface area contributed by atoms with Gasteiger partial charge >= 0.3 is 0 Å². The van der Waals surface area contributed by atoms with Gasteiger partial charge in [-0.05, 0) is 66.0 Å². The average molecular weight is 474 g/mol. The Labute approximate surface area is 216 Å². The van der Waals surface area contributed by atoms with Crippen LogP contribution in [-0.4, -0.2) is 11.4 Å². The molecule has 1 N–H and O–H groups in total. The molecule has 0 amide bonds. The lowest BCUT2D eigenvalue weighted by Crippen LogP contribution is -2.32. The zero-order valence-electron chi connectivity index (χ0n) is 21.0. The van der Waals surface area contributed by atoms with Crippen LogP contribution < -0.4 is 5.32 Å². The molecular formula is C33H35N3.